The van der Waals surface area contributed by atoms with Crippen LogP contribution in [0, 0.1) is 5.82 Å². The number of hydrogen-bond acceptors (Lipinski definition) is 4. The molecular weight excluding hydrogens is 469 g/mol. The molecule has 0 radical (unpaired) electrons. The van der Waals surface area contributed by atoms with Gasteiger partial charge in [0.2, 0.25) is 11.8 Å². The number of anilines is 1. The zero-order chi connectivity index (χ0) is 25.4. The first-order chi connectivity index (χ1) is 16.8. The molecule has 2 amide bonds. The predicted molar refractivity (Wildman–Crippen MR) is 133 cm³/mol. The number of rotatable bonds is 10. The first-order valence-corrected chi connectivity index (χ1v) is 12.6. The summed E-state index contributed by atoms with van der Waals surface area (Å²) in [5, 5.41) is 2.56. The van der Waals surface area contributed by atoms with E-state index < -0.39 is 34.3 Å². The van der Waals surface area contributed by atoms with E-state index in [2.05, 4.69) is 5.32 Å². The van der Waals surface area contributed by atoms with Gasteiger partial charge in [0, 0.05) is 13.6 Å². The largest absolute Gasteiger partial charge is 0.357 e. The van der Waals surface area contributed by atoms with E-state index >= 15 is 0 Å². The van der Waals surface area contributed by atoms with Crippen molar-refractivity contribution in [2.75, 3.05) is 17.9 Å². The first kappa shape index (κ1) is 25.9. The van der Waals surface area contributed by atoms with Crippen LogP contribution in [0.5, 0.6) is 0 Å². The molecule has 0 saturated heterocycles. The minimum absolute atomic E-state index is 0.0130. The van der Waals surface area contributed by atoms with Gasteiger partial charge in [0.05, 0.1) is 10.6 Å². The lowest BCUT2D eigenvalue weighted by Crippen LogP contribution is -2.51. The van der Waals surface area contributed by atoms with Crippen molar-refractivity contribution < 1.29 is 22.4 Å². The molecule has 0 aliphatic heterocycles. The van der Waals surface area contributed by atoms with Crippen LogP contribution in [0.1, 0.15) is 18.9 Å². The maximum absolute atomic E-state index is 13.7. The van der Waals surface area contributed by atoms with Gasteiger partial charge in [0.25, 0.3) is 10.0 Å². The number of carbonyl (C=O) groups excluding carboxylic acids is 2. The van der Waals surface area contributed by atoms with Crippen LogP contribution in [0.15, 0.2) is 89.8 Å². The summed E-state index contributed by atoms with van der Waals surface area (Å²) in [7, 11) is -2.61. The molecule has 0 bridgehead atoms. The van der Waals surface area contributed by atoms with Crippen LogP contribution in [0.2, 0.25) is 0 Å². The van der Waals surface area contributed by atoms with E-state index in [-0.39, 0.29) is 17.3 Å². The lowest BCUT2D eigenvalue weighted by molar-refractivity contribution is -0.140. The van der Waals surface area contributed by atoms with Gasteiger partial charge in [-0.2, -0.15) is 0 Å². The van der Waals surface area contributed by atoms with Gasteiger partial charge in [0.15, 0.2) is 0 Å². The normalized spacial score (nSPS) is 12.0. The summed E-state index contributed by atoms with van der Waals surface area (Å²) in [6.07, 6.45) is 0.309. The van der Waals surface area contributed by atoms with Gasteiger partial charge in [0.1, 0.15) is 18.4 Å². The van der Waals surface area contributed by atoms with Gasteiger partial charge in [-0.15, -0.1) is 0 Å². The highest BCUT2D eigenvalue weighted by Gasteiger charge is 2.33. The maximum atomic E-state index is 13.7. The average molecular weight is 498 g/mol. The second kappa shape index (κ2) is 11.6. The van der Waals surface area contributed by atoms with Crippen molar-refractivity contribution in [2.45, 2.75) is 30.8 Å². The maximum Gasteiger partial charge on any atom is 0.264 e. The van der Waals surface area contributed by atoms with Crippen LogP contribution in [-0.4, -0.2) is 44.8 Å². The highest BCUT2D eigenvalue weighted by atomic mass is 32.2. The molecule has 0 aliphatic rings. The van der Waals surface area contributed by atoms with Crippen molar-refractivity contribution >= 4 is 27.5 Å². The number of hydrogen-bond donors (Lipinski definition) is 1. The molecular formula is C26H28FN3O4S. The summed E-state index contributed by atoms with van der Waals surface area (Å²) < 4.78 is 41.6. The number of carbonyl (C=O) groups is 2. The molecule has 0 aromatic heterocycles. The number of sulfonamides is 1. The minimum atomic E-state index is -4.08. The number of benzene rings is 3. The fraction of sp³-hybridized carbons (Fsp3) is 0.231. The Balaban J connectivity index is 2.01. The molecule has 1 N–H and O–H groups in total. The Kier molecular flexibility index (Phi) is 8.59. The molecule has 0 fully saturated rings. The van der Waals surface area contributed by atoms with Crippen LogP contribution in [0.4, 0.5) is 10.1 Å². The number of likely N-dealkylation sites (N-methyl/N-ethyl adjacent to an activating group) is 1. The van der Waals surface area contributed by atoms with Gasteiger partial charge in [-0.1, -0.05) is 55.5 Å². The number of nitrogens with zero attached hydrogens (tertiary/aromatic N) is 2. The summed E-state index contributed by atoms with van der Waals surface area (Å²) in [5.41, 5.74) is 0.929. The number of para-hydroxylation sites is 1. The Morgan fingerprint density at radius 1 is 0.914 bits per heavy atom. The molecule has 35 heavy (non-hydrogen) atoms. The van der Waals surface area contributed by atoms with Gasteiger partial charge < -0.3 is 10.2 Å². The Hall–Kier alpha value is -3.72. The van der Waals surface area contributed by atoms with Crippen molar-refractivity contribution in [2.24, 2.45) is 0 Å². The quantitative estimate of drug-likeness (QED) is 0.464. The fourth-order valence-electron chi connectivity index (χ4n) is 3.72. The zero-order valence-electron chi connectivity index (χ0n) is 19.6. The number of amides is 2. The topological polar surface area (TPSA) is 86.8 Å². The highest BCUT2D eigenvalue weighted by Crippen LogP contribution is 2.24. The third kappa shape index (κ3) is 6.24. The number of halogens is 1. The summed E-state index contributed by atoms with van der Waals surface area (Å²) >= 11 is 0. The third-order valence-electron chi connectivity index (χ3n) is 5.55. The molecule has 7 nitrogen and oxygen atoms in total. The van der Waals surface area contributed by atoms with Crippen LogP contribution < -0.4 is 9.62 Å². The molecule has 184 valence electrons. The first-order valence-electron chi connectivity index (χ1n) is 11.2. The minimum Gasteiger partial charge on any atom is -0.357 e. The van der Waals surface area contributed by atoms with Gasteiger partial charge >= 0.3 is 0 Å². The van der Waals surface area contributed by atoms with Gasteiger partial charge in [-0.25, -0.2) is 12.8 Å². The monoisotopic (exact) mass is 497 g/mol. The summed E-state index contributed by atoms with van der Waals surface area (Å²) in [6, 6.07) is 20.9. The molecule has 0 heterocycles. The second-order valence-electron chi connectivity index (χ2n) is 7.85. The van der Waals surface area contributed by atoms with E-state index in [1.165, 1.54) is 48.3 Å². The van der Waals surface area contributed by atoms with Crippen molar-refractivity contribution in [1.82, 2.24) is 10.2 Å². The Morgan fingerprint density at radius 2 is 1.49 bits per heavy atom. The van der Waals surface area contributed by atoms with E-state index in [9.17, 15) is 22.4 Å². The van der Waals surface area contributed by atoms with Crippen LogP contribution in [0.25, 0.3) is 0 Å². The SMILES string of the molecule is CC[C@H](C(=O)NC)N(Cc1ccc(F)cc1)C(=O)CN(c1ccccc1)S(=O)(=O)c1ccccc1. The van der Waals surface area contributed by atoms with E-state index in [1.807, 2.05) is 0 Å². The molecule has 1 atom stereocenters. The molecule has 0 aliphatic carbocycles. The van der Waals surface area contributed by atoms with E-state index in [0.717, 1.165) is 4.31 Å². The van der Waals surface area contributed by atoms with E-state index in [4.69, 9.17) is 0 Å². The Labute approximate surface area is 205 Å². The summed E-state index contributed by atoms with van der Waals surface area (Å²) in [6.45, 7) is 1.26. The Morgan fingerprint density at radius 3 is 2.03 bits per heavy atom. The Bertz CT molecular complexity index is 1240. The summed E-state index contributed by atoms with van der Waals surface area (Å²) in [5.74, 6) is -1.36. The molecule has 3 aromatic rings. The van der Waals surface area contributed by atoms with Crippen molar-refractivity contribution in [3.05, 3.63) is 96.3 Å². The van der Waals surface area contributed by atoms with Crippen molar-refractivity contribution in [3.8, 4) is 0 Å². The fourth-order valence-corrected chi connectivity index (χ4v) is 5.15. The summed E-state index contributed by atoms with van der Waals surface area (Å²) in [4.78, 5) is 27.7. The average Bonchev–Trinajstić information content (AvgIpc) is 2.88. The standard InChI is InChI=1S/C26H28FN3O4S/c1-3-24(26(32)28-2)29(18-20-14-16-21(27)17-15-20)25(31)19-30(22-10-6-4-7-11-22)35(33,34)23-12-8-5-9-13-23/h4-17,24H,3,18-19H2,1-2H3,(H,28,32)/t24-/m1/s1. The van der Waals surface area contributed by atoms with Crippen LogP contribution in [-0.2, 0) is 26.2 Å². The third-order valence-corrected chi connectivity index (χ3v) is 7.34. The van der Waals surface area contributed by atoms with Gasteiger partial charge in [-0.3, -0.25) is 13.9 Å². The lowest BCUT2D eigenvalue weighted by atomic mass is 10.1. The van der Waals surface area contributed by atoms with E-state index in [0.29, 0.717) is 17.7 Å². The molecule has 3 rings (SSSR count). The lowest BCUT2D eigenvalue weighted by Gasteiger charge is -2.33. The highest BCUT2D eigenvalue weighted by molar-refractivity contribution is 7.92. The van der Waals surface area contributed by atoms with Crippen LogP contribution in [0.3, 0.4) is 0 Å². The van der Waals surface area contributed by atoms with Crippen molar-refractivity contribution in [1.29, 1.82) is 0 Å². The smallest absolute Gasteiger partial charge is 0.264 e. The molecule has 3 aromatic carbocycles. The van der Waals surface area contributed by atoms with Gasteiger partial charge in [-0.05, 0) is 48.4 Å². The number of nitrogens with one attached hydrogen (secondary N) is 1. The molecule has 9 heteroatoms. The van der Waals surface area contributed by atoms with Crippen molar-refractivity contribution in [3.63, 3.8) is 0 Å². The molecule has 0 saturated carbocycles. The molecule has 0 unspecified atom stereocenters. The second-order valence-corrected chi connectivity index (χ2v) is 9.71. The van der Waals surface area contributed by atoms with E-state index in [1.54, 1.807) is 55.5 Å². The predicted octanol–water partition coefficient (Wildman–Crippen LogP) is 3.57. The zero-order valence-corrected chi connectivity index (χ0v) is 20.4. The van der Waals surface area contributed by atoms with Crippen LogP contribution >= 0.6 is 0 Å². The molecule has 0 spiro atoms.